The van der Waals surface area contributed by atoms with Crippen LogP contribution in [0.25, 0.3) is 0 Å². The molecule has 3 atom stereocenters. The van der Waals surface area contributed by atoms with E-state index < -0.39 is 35.6 Å². The summed E-state index contributed by atoms with van der Waals surface area (Å²) in [6.07, 6.45) is 3.82. The van der Waals surface area contributed by atoms with Gasteiger partial charge in [0.1, 0.15) is 5.54 Å². The summed E-state index contributed by atoms with van der Waals surface area (Å²) in [6, 6.07) is -0.928. The van der Waals surface area contributed by atoms with Gasteiger partial charge in [-0.25, -0.2) is 4.79 Å². The molecule has 0 unspecified atom stereocenters. The number of amides is 2. The lowest BCUT2D eigenvalue weighted by Gasteiger charge is -2.37. The van der Waals surface area contributed by atoms with E-state index in [2.05, 4.69) is 10.6 Å². The van der Waals surface area contributed by atoms with Crippen LogP contribution >= 0.6 is 0 Å². The molecule has 0 saturated heterocycles. The van der Waals surface area contributed by atoms with Crippen LogP contribution in [0.3, 0.4) is 0 Å². The van der Waals surface area contributed by atoms with Crippen LogP contribution in [0.1, 0.15) is 52.9 Å². The van der Waals surface area contributed by atoms with Gasteiger partial charge in [-0.2, -0.15) is 0 Å². The highest BCUT2D eigenvalue weighted by atomic mass is 16.5. The van der Waals surface area contributed by atoms with E-state index in [1.807, 2.05) is 13.8 Å². The van der Waals surface area contributed by atoms with Crippen molar-refractivity contribution < 1.29 is 24.2 Å². The minimum absolute atomic E-state index is 0.0177. The Bertz CT molecular complexity index is 596. The summed E-state index contributed by atoms with van der Waals surface area (Å²) in [5, 5.41) is 14.7. The molecule has 0 aromatic heterocycles. The molecule has 5 N–H and O–H groups in total. The van der Waals surface area contributed by atoms with Crippen molar-refractivity contribution in [2.75, 3.05) is 0 Å². The van der Waals surface area contributed by atoms with Gasteiger partial charge < -0.3 is 26.2 Å². The maximum atomic E-state index is 12.6. The number of carbonyl (C=O) groups is 3. The third-order valence-electron chi connectivity index (χ3n) is 5.07. The maximum Gasteiger partial charge on any atom is 0.329 e. The molecule has 0 aromatic rings. The molecule has 2 aliphatic carbocycles. The van der Waals surface area contributed by atoms with Crippen LogP contribution in [-0.2, 0) is 19.1 Å². The predicted molar refractivity (Wildman–Crippen MR) is 95.3 cm³/mol. The largest absolute Gasteiger partial charge is 0.480 e. The number of nitrogens with one attached hydrogen (secondary N) is 2. The molecule has 0 radical (unpaired) electrons. The second kappa shape index (κ2) is 8.18. The van der Waals surface area contributed by atoms with E-state index in [1.165, 1.54) is 6.92 Å². The Labute approximate surface area is 153 Å². The minimum Gasteiger partial charge on any atom is -0.480 e. The number of carboxylic acid groups (broad SMARTS) is 1. The minimum atomic E-state index is -1.15. The molecular weight excluding hydrogens is 338 g/mol. The van der Waals surface area contributed by atoms with E-state index in [4.69, 9.17) is 10.5 Å². The Morgan fingerprint density at radius 2 is 1.96 bits per heavy atom. The lowest BCUT2D eigenvalue weighted by atomic mass is 9.87. The van der Waals surface area contributed by atoms with E-state index in [-0.39, 0.29) is 18.4 Å². The normalized spacial score (nSPS) is 26.8. The molecule has 146 valence electrons. The highest BCUT2D eigenvalue weighted by Crippen LogP contribution is 2.36. The van der Waals surface area contributed by atoms with Crippen LogP contribution in [0.15, 0.2) is 11.6 Å². The van der Waals surface area contributed by atoms with E-state index in [0.717, 1.165) is 12.8 Å². The summed E-state index contributed by atoms with van der Waals surface area (Å²) in [6.45, 7) is 5.42. The molecule has 0 heterocycles. The van der Waals surface area contributed by atoms with Crippen LogP contribution in [0.2, 0.25) is 0 Å². The van der Waals surface area contributed by atoms with Crippen LogP contribution in [0.5, 0.6) is 0 Å². The van der Waals surface area contributed by atoms with Crippen LogP contribution in [0, 0.1) is 0 Å². The summed E-state index contributed by atoms with van der Waals surface area (Å²) < 4.78 is 6.08. The van der Waals surface area contributed by atoms with Gasteiger partial charge in [0, 0.05) is 18.5 Å². The SMILES string of the molecule is CCC(CC)O[C@@H]1C=C(C(=O)NC2(C(=O)O)CC2)C[C@H](N)[C@H]1NC(C)=O. The lowest BCUT2D eigenvalue weighted by Crippen LogP contribution is -2.57. The van der Waals surface area contributed by atoms with Gasteiger partial charge in [-0.05, 0) is 38.2 Å². The Balaban J connectivity index is 2.20. The Kier molecular flexibility index (Phi) is 6.41. The van der Waals surface area contributed by atoms with Gasteiger partial charge in [-0.1, -0.05) is 13.8 Å². The molecule has 0 aliphatic heterocycles. The second-order valence-electron chi connectivity index (χ2n) is 7.17. The van der Waals surface area contributed by atoms with Gasteiger partial charge in [0.25, 0.3) is 0 Å². The van der Waals surface area contributed by atoms with Gasteiger partial charge in [-0.15, -0.1) is 0 Å². The molecule has 1 fully saturated rings. The van der Waals surface area contributed by atoms with Crippen molar-refractivity contribution in [2.45, 2.75) is 82.7 Å². The van der Waals surface area contributed by atoms with Crippen molar-refractivity contribution >= 4 is 17.8 Å². The summed E-state index contributed by atoms with van der Waals surface area (Å²) in [7, 11) is 0. The lowest BCUT2D eigenvalue weighted by molar-refractivity contribution is -0.142. The molecule has 8 nitrogen and oxygen atoms in total. The van der Waals surface area contributed by atoms with E-state index in [9.17, 15) is 19.5 Å². The van der Waals surface area contributed by atoms with Gasteiger partial charge in [0.05, 0.1) is 18.2 Å². The number of nitrogens with two attached hydrogens (primary N) is 1. The number of rotatable bonds is 8. The summed E-state index contributed by atoms with van der Waals surface area (Å²) in [5.74, 6) is -1.67. The predicted octanol–water partition coefficient (Wildman–Crippen LogP) is 0.456. The topological polar surface area (TPSA) is 131 Å². The fourth-order valence-corrected chi connectivity index (χ4v) is 3.23. The smallest absolute Gasteiger partial charge is 0.329 e. The maximum absolute atomic E-state index is 12.6. The van der Waals surface area contributed by atoms with Crippen molar-refractivity contribution in [3.8, 4) is 0 Å². The van der Waals surface area contributed by atoms with E-state index >= 15 is 0 Å². The number of ether oxygens (including phenoxy) is 1. The van der Waals surface area contributed by atoms with Gasteiger partial charge in [0.2, 0.25) is 11.8 Å². The fraction of sp³-hybridized carbons (Fsp3) is 0.722. The van der Waals surface area contributed by atoms with Crippen LogP contribution in [0.4, 0.5) is 0 Å². The summed E-state index contributed by atoms with van der Waals surface area (Å²) in [4.78, 5) is 35.4. The van der Waals surface area contributed by atoms with E-state index in [1.54, 1.807) is 6.08 Å². The number of hydrogen-bond donors (Lipinski definition) is 4. The summed E-state index contributed by atoms with van der Waals surface area (Å²) in [5.41, 5.74) is 5.47. The average Bonchev–Trinajstić information content (AvgIpc) is 3.35. The molecule has 1 saturated carbocycles. The molecule has 26 heavy (non-hydrogen) atoms. The van der Waals surface area contributed by atoms with Crippen molar-refractivity contribution in [3.05, 3.63) is 11.6 Å². The van der Waals surface area contributed by atoms with Crippen LogP contribution in [-0.4, -0.2) is 52.7 Å². The van der Waals surface area contributed by atoms with Gasteiger partial charge in [-0.3, -0.25) is 9.59 Å². The molecule has 2 rings (SSSR count). The first-order valence-electron chi connectivity index (χ1n) is 9.17. The fourth-order valence-electron chi connectivity index (χ4n) is 3.23. The molecule has 0 bridgehead atoms. The van der Waals surface area contributed by atoms with Crippen molar-refractivity contribution in [2.24, 2.45) is 5.73 Å². The highest BCUT2D eigenvalue weighted by molar-refractivity contribution is 5.98. The zero-order valence-electron chi connectivity index (χ0n) is 15.6. The molecule has 0 spiro atoms. The first kappa shape index (κ1) is 20.4. The quantitative estimate of drug-likeness (QED) is 0.493. The zero-order valence-corrected chi connectivity index (χ0v) is 15.6. The number of carboxylic acids is 1. The number of aliphatic carboxylic acids is 1. The second-order valence-corrected chi connectivity index (χ2v) is 7.17. The van der Waals surface area contributed by atoms with E-state index in [0.29, 0.717) is 18.4 Å². The molecule has 8 heteroatoms. The molecular formula is C18H29N3O5. The van der Waals surface area contributed by atoms with Crippen molar-refractivity contribution in [3.63, 3.8) is 0 Å². The van der Waals surface area contributed by atoms with Crippen molar-refractivity contribution in [1.29, 1.82) is 0 Å². The monoisotopic (exact) mass is 367 g/mol. The highest BCUT2D eigenvalue weighted by Gasteiger charge is 2.52. The standard InChI is InChI=1S/C18H29N3O5/c1-4-12(5-2)26-14-9-11(8-13(19)15(14)20-10(3)22)16(23)21-18(6-7-18)17(24)25/h9,12-15H,4-8,19H2,1-3H3,(H,20,22)(H,21,23)(H,24,25)/t13-,14+,15+/m0/s1. The molecule has 2 amide bonds. The first-order chi connectivity index (χ1) is 12.2. The average molecular weight is 367 g/mol. The Morgan fingerprint density at radius 1 is 1.35 bits per heavy atom. The number of carbonyl (C=O) groups excluding carboxylic acids is 2. The van der Waals surface area contributed by atoms with Crippen molar-refractivity contribution in [1.82, 2.24) is 10.6 Å². The summed E-state index contributed by atoms with van der Waals surface area (Å²) >= 11 is 0. The van der Waals surface area contributed by atoms with Crippen LogP contribution < -0.4 is 16.4 Å². The molecule has 0 aromatic carbocycles. The third kappa shape index (κ3) is 4.62. The number of hydrogen-bond acceptors (Lipinski definition) is 5. The third-order valence-corrected chi connectivity index (χ3v) is 5.07. The first-order valence-corrected chi connectivity index (χ1v) is 9.17. The van der Waals surface area contributed by atoms with Gasteiger partial charge in [0.15, 0.2) is 0 Å². The Hall–Kier alpha value is -1.93. The molecule has 2 aliphatic rings. The Morgan fingerprint density at radius 3 is 2.42 bits per heavy atom. The van der Waals surface area contributed by atoms with Gasteiger partial charge >= 0.3 is 5.97 Å². The zero-order chi connectivity index (χ0) is 19.5.